The number of rotatable bonds is 7. The Morgan fingerprint density at radius 2 is 1.45 bits per heavy atom. The van der Waals surface area contributed by atoms with Gasteiger partial charge < -0.3 is 0 Å². The second-order valence-corrected chi connectivity index (χ2v) is 8.52. The molecule has 0 radical (unpaired) electrons. The summed E-state index contributed by atoms with van der Waals surface area (Å²) < 4.78 is 0. The van der Waals surface area contributed by atoms with Crippen molar-refractivity contribution in [3.63, 3.8) is 0 Å². The Bertz CT molecular complexity index is 888. The molecule has 0 saturated carbocycles. The summed E-state index contributed by atoms with van der Waals surface area (Å²) in [6.45, 7) is 6.90. The van der Waals surface area contributed by atoms with E-state index in [0.717, 1.165) is 44.3 Å². The highest BCUT2D eigenvalue weighted by Gasteiger charge is 2.38. The number of halogens is 1. The second-order valence-electron chi connectivity index (χ2n) is 8.09. The van der Waals surface area contributed by atoms with Gasteiger partial charge in [0.15, 0.2) is 0 Å². The number of nitrogens with zero attached hydrogens (tertiary/aromatic N) is 2. The van der Waals surface area contributed by atoms with Crippen molar-refractivity contribution in [3.05, 3.63) is 69.2 Å². The van der Waals surface area contributed by atoms with Crippen molar-refractivity contribution < 1.29 is 9.59 Å². The van der Waals surface area contributed by atoms with E-state index in [9.17, 15) is 9.59 Å². The van der Waals surface area contributed by atoms with Gasteiger partial charge in [-0.3, -0.25) is 19.4 Å². The van der Waals surface area contributed by atoms with Crippen LogP contribution in [-0.2, 0) is 19.4 Å². The summed E-state index contributed by atoms with van der Waals surface area (Å²) in [5.74, 6) is -0.379. The molecule has 29 heavy (non-hydrogen) atoms. The van der Waals surface area contributed by atoms with Crippen LogP contribution in [0.5, 0.6) is 0 Å². The van der Waals surface area contributed by atoms with E-state index in [-0.39, 0.29) is 18.4 Å². The average molecular weight is 411 g/mol. The molecule has 4 nitrogen and oxygen atoms in total. The van der Waals surface area contributed by atoms with Gasteiger partial charge in [0.05, 0.1) is 17.7 Å². The fraction of sp³-hybridized carbons (Fsp3) is 0.417. The van der Waals surface area contributed by atoms with Crippen LogP contribution in [0.1, 0.15) is 64.1 Å². The van der Waals surface area contributed by atoms with Crippen molar-refractivity contribution in [2.45, 2.75) is 52.1 Å². The van der Waals surface area contributed by atoms with Crippen LogP contribution >= 0.6 is 11.6 Å². The Balaban J connectivity index is 1.55. The van der Waals surface area contributed by atoms with Gasteiger partial charge >= 0.3 is 0 Å². The van der Waals surface area contributed by atoms with Gasteiger partial charge in [0.25, 0.3) is 11.8 Å². The van der Waals surface area contributed by atoms with Crippen molar-refractivity contribution in [1.82, 2.24) is 9.80 Å². The lowest BCUT2D eigenvalue weighted by Gasteiger charge is -2.27. The molecule has 0 atom stereocenters. The first-order chi connectivity index (χ1) is 14.0. The zero-order chi connectivity index (χ0) is 20.5. The van der Waals surface area contributed by atoms with Gasteiger partial charge in [0.1, 0.15) is 0 Å². The highest BCUT2D eigenvalue weighted by Crippen LogP contribution is 2.33. The second kappa shape index (κ2) is 8.29. The average Bonchev–Trinajstić information content (AvgIpc) is 3.22. The molecule has 0 bridgehead atoms. The largest absolute Gasteiger partial charge is 0.300 e. The number of hydrogen-bond donors (Lipinski definition) is 0. The molecule has 5 heteroatoms. The quantitative estimate of drug-likeness (QED) is 0.620. The van der Waals surface area contributed by atoms with Crippen molar-refractivity contribution in [2.24, 2.45) is 0 Å². The summed E-state index contributed by atoms with van der Waals surface area (Å²) in [7, 11) is 0. The summed E-state index contributed by atoms with van der Waals surface area (Å²) in [5, 5.41) is 0.641. The number of carbonyl (C=O) groups is 2. The summed E-state index contributed by atoms with van der Waals surface area (Å²) in [5.41, 5.74) is 4.45. The Morgan fingerprint density at radius 3 is 1.93 bits per heavy atom. The summed E-state index contributed by atoms with van der Waals surface area (Å²) >= 11 is 5.94. The molecule has 0 spiro atoms. The van der Waals surface area contributed by atoms with Crippen molar-refractivity contribution in [3.8, 4) is 0 Å². The number of benzene rings is 2. The van der Waals surface area contributed by atoms with Gasteiger partial charge in [0.2, 0.25) is 0 Å². The molecule has 2 aliphatic rings. The molecule has 152 valence electrons. The SMILES string of the molecule is CCCN(CCC)C1Cc2cc3c(cc2C1)C(=O)N(Cc1ccc(Cl)cc1)C3=O. The van der Waals surface area contributed by atoms with E-state index >= 15 is 0 Å². The predicted molar refractivity (Wildman–Crippen MR) is 115 cm³/mol. The van der Waals surface area contributed by atoms with Gasteiger partial charge in [0, 0.05) is 11.1 Å². The minimum Gasteiger partial charge on any atom is -0.300 e. The summed E-state index contributed by atoms with van der Waals surface area (Å²) in [6.07, 6.45) is 4.20. The van der Waals surface area contributed by atoms with Crippen LogP contribution in [0.25, 0.3) is 0 Å². The van der Waals surface area contributed by atoms with E-state index in [1.807, 2.05) is 24.3 Å². The smallest absolute Gasteiger partial charge is 0.261 e. The van der Waals surface area contributed by atoms with E-state index in [1.54, 1.807) is 12.1 Å². The predicted octanol–water partition coefficient (Wildman–Crippen LogP) is 4.73. The number of amides is 2. The molecular weight excluding hydrogens is 384 g/mol. The fourth-order valence-corrected chi connectivity index (χ4v) is 4.74. The molecule has 0 saturated heterocycles. The highest BCUT2D eigenvalue weighted by molar-refractivity contribution is 6.30. The molecule has 0 aromatic heterocycles. The maximum Gasteiger partial charge on any atom is 0.261 e. The zero-order valence-electron chi connectivity index (χ0n) is 17.1. The van der Waals surface area contributed by atoms with Crippen LogP contribution in [0.2, 0.25) is 5.02 Å². The normalized spacial score (nSPS) is 16.1. The van der Waals surface area contributed by atoms with Crippen LogP contribution in [0.4, 0.5) is 0 Å². The van der Waals surface area contributed by atoms with E-state index < -0.39 is 0 Å². The first kappa shape index (κ1) is 20.1. The molecule has 0 unspecified atom stereocenters. The fourth-order valence-electron chi connectivity index (χ4n) is 4.61. The van der Waals surface area contributed by atoms with Crippen molar-refractivity contribution >= 4 is 23.4 Å². The van der Waals surface area contributed by atoms with Crippen LogP contribution < -0.4 is 0 Å². The monoisotopic (exact) mass is 410 g/mol. The Labute approximate surface area is 177 Å². The Kier molecular flexibility index (Phi) is 5.75. The molecule has 1 aliphatic heterocycles. The molecule has 1 aliphatic carbocycles. The van der Waals surface area contributed by atoms with Gasteiger partial charge in [-0.15, -0.1) is 0 Å². The lowest BCUT2D eigenvalue weighted by Crippen LogP contribution is -2.37. The summed E-state index contributed by atoms with van der Waals surface area (Å²) in [4.78, 5) is 29.8. The van der Waals surface area contributed by atoms with Crippen LogP contribution in [0, 0.1) is 0 Å². The van der Waals surface area contributed by atoms with E-state index in [0.29, 0.717) is 22.2 Å². The first-order valence-corrected chi connectivity index (χ1v) is 10.9. The molecular formula is C24H27ClN2O2. The van der Waals surface area contributed by atoms with Gasteiger partial charge in [-0.2, -0.15) is 0 Å². The Morgan fingerprint density at radius 1 is 0.931 bits per heavy atom. The van der Waals surface area contributed by atoms with Crippen LogP contribution in [0.15, 0.2) is 36.4 Å². The summed E-state index contributed by atoms with van der Waals surface area (Å²) in [6, 6.07) is 11.7. The maximum atomic E-state index is 13.0. The highest BCUT2D eigenvalue weighted by atomic mass is 35.5. The minimum absolute atomic E-state index is 0.190. The Hall–Kier alpha value is -2.17. The third-order valence-electron chi connectivity index (χ3n) is 5.99. The molecule has 2 amide bonds. The molecule has 0 N–H and O–H groups in total. The molecule has 2 aromatic rings. The molecule has 2 aromatic carbocycles. The number of carbonyl (C=O) groups excluding carboxylic acids is 2. The van der Waals surface area contributed by atoms with Crippen LogP contribution in [0.3, 0.4) is 0 Å². The van der Waals surface area contributed by atoms with Crippen molar-refractivity contribution in [1.29, 1.82) is 0 Å². The number of imide groups is 1. The van der Waals surface area contributed by atoms with E-state index in [1.165, 1.54) is 16.0 Å². The first-order valence-electron chi connectivity index (χ1n) is 10.5. The molecule has 1 heterocycles. The third kappa shape index (κ3) is 3.84. The molecule has 4 rings (SSSR count). The van der Waals surface area contributed by atoms with Gasteiger partial charge in [-0.05, 0) is 79.7 Å². The minimum atomic E-state index is -0.190. The zero-order valence-corrected chi connectivity index (χ0v) is 17.8. The van der Waals surface area contributed by atoms with E-state index in [4.69, 9.17) is 11.6 Å². The number of fused-ring (bicyclic) bond motifs is 2. The lowest BCUT2D eigenvalue weighted by molar-refractivity contribution is 0.0642. The van der Waals surface area contributed by atoms with Gasteiger partial charge in [-0.25, -0.2) is 0 Å². The van der Waals surface area contributed by atoms with Gasteiger partial charge in [-0.1, -0.05) is 37.6 Å². The van der Waals surface area contributed by atoms with Crippen molar-refractivity contribution in [2.75, 3.05) is 13.1 Å². The van der Waals surface area contributed by atoms with E-state index in [2.05, 4.69) is 18.7 Å². The maximum absolute atomic E-state index is 13.0. The standard InChI is InChI=1S/C24H27ClN2O2/c1-3-9-26(10-4-2)20-11-17-13-21-22(14-18(17)12-20)24(29)27(23(21)28)15-16-5-7-19(25)8-6-16/h5-8,13-14,20H,3-4,9-12,15H2,1-2H3. The van der Waals surface area contributed by atoms with Crippen LogP contribution in [-0.4, -0.2) is 40.7 Å². The number of hydrogen-bond acceptors (Lipinski definition) is 3. The lowest BCUT2D eigenvalue weighted by atomic mass is 10.0. The third-order valence-corrected chi connectivity index (χ3v) is 6.25. The molecule has 0 fully saturated rings. The topological polar surface area (TPSA) is 40.6 Å².